The predicted octanol–water partition coefficient (Wildman–Crippen LogP) is 2.50. The average Bonchev–Trinajstić information content (AvgIpc) is 3.25. The molecule has 38 heavy (non-hydrogen) atoms. The van der Waals surface area contributed by atoms with Crippen LogP contribution in [0.2, 0.25) is 5.02 Å². The minimum Gasteiger partial charge on any atom is -0.340 e. The maximum atomic E-state index is 13.1. The number of unbranched alkanes of at least 4 members (excludes halogenated alkanes) is 2. The number of carbonyl (C=O) groups is 2. The molecule has 0 bridgehead atoms. The highest BCUT2D eigenvalue weighted by Crippen LogP contribution is 2.33. The van der Waals surface area contributed by atoms with Gasteiger partial charge in [-0.25, -0.2) is 13.2 Å². The first-order valence-electron chi connectivity index (χ1n) is 13.4. The number of nitrogens with zero attached hydrogens (tertiary/aromatic N) is 6. The summed E-state index contributed by atoms with van der Waals surface area (Å²) in [4.78, 5) is 33.5. The number of sulfonamides is 1. The van der Waals surface area contributed by atoms with Crippen LogP contribution < -0.4 is 4.90 Å². The Kier molecular flexibility index (Phi) is 9.19. The van der Waals surface area contributed by atoms with Crippen LogP contribution in [-0.2, 0) is 14.8 Å². The Labute approximate surface area is 230 Å². The largest absolute Gasteiger partial charge is 0.340 e. The molecule has 4 rings (SSSR count). The van der Waals surface area contributed by atoms with Gasteiger partial charge in [0, 0.05) is 64.5 Å². The fraction of sp³-hybridized carbons (Fsp3) is 0.654. The lowest BCUT2D eigenvalue weighted by molar-refractivity contribution is -0.132. The number of amides is 3. The molecule has 12 heteroatoms. The second-order valence-corrected chi connectivity index (χ2v) is 12.9. The van der Waals surface area contributed by atoms with Gasteiger partial charge in [0.15, 0.2) is 0 Å². The fourth-order valence-corrected chi connectivity index (χ4v) is 6.86. The average molecular weight is 565 g/mol. The number of benzene rings is 1. The van der Waals surface area contributed by atoms with Crippen molar-refractivity contribution in [2.45, 2.75) is 45.6 Å². The highest BCUT2D eigenvalue weighted by molar-refractivity contribution is 7.89. The SMILES string of the molecule is CCS(=O)(=O)N1CCN(C(=O)CCCCCN2CCN3C(=O)N(c4ccc(C#N)c(Cl)c4C)CC3C2)CC1. The molecule has 0 radical (unpaired) electrons. The summed E-state index contributed by atoms with van der Waals surface area (Å²) in [6, 6.07) is 5.67. The highest BCUT2D eigenvalue weighted by atomic mass is 35.5. The second kappa shape index (κ2) is 12.2. The number of fused-ring (bicyclic) bond motifs is 1. The predicted molar refractivity (Wildman–Crippen MR) is 147 cm³/mol. The molecule has 0 N–H and O–H groups in total. The number of nitriles is 1. The molecule has 1 aromatic rings. The molecule has 208 valence electrons. The van der Waals surface area contributed by atoms with Crippen LogP contribution in [0.4, 0.5) is 10.5 Å². The number of hydrogen-bond donors (Lipinski definition) is 0. The Morgan fingerprint density at radius 2 is 1.82 bits per heavy atom. The highest BCUT2D eigenvalue weighted by Gasteiger charge is 2.41. The van der Waals surface area contributed by atoms with Gasteiger partial charge in [-0.05, 0) is 50.9 Å². The number of piperazine rings is 2. The number of halogens is 1. The molecular formula is C26H37ClN6O4S. The van der Waals surface area contributed by atoms with Crippen molar-refractivity contribution in [1.29, 1.82) is 5.26 Å². The van der Waals surface area contributed by atoms with E-state index in [2.05, 4.69) is 11.0 Å². The molecule has 3 amide bonds. The van der Waals surface area contributed by atoms with Crippen molar-refractivity contribution >= 4 is 39.2 Å². The third kappa shape index (κ3) is 6.09. The van der Waals surface area contributed by atoms with E-state index >= 15 is 0 Å². The molecular weight excluding hydrogens is 528 g/mol. The summed E-state index contributed by atoms with van der Waals surface area (Å²) in [6.07, 6.45) is 3.26. The summed E-state index contributed by atoms with van der Waals surface area (Å²) in [5.74, 6) is 0.201. The molecule has 0 saturated carbocycles. The van der Waals surface area contributed by atoms with Crippen molar-refractivity contribution in [3.8, 4) is 6.07 Å². The molecule has 1 aromatic carbocycles. The summed E-state index contributed by atoms with van der Waals surface area (Å²) in [7, 11) is -3.19. The molecule has 3 fully saturated rings. The lowest BCUT2D eigenvalue weighted by Gasteiger charge is -2.36. The summed E-state index contributed by atoms with van der Waals surface area (Å²) in [5, 5.41) is 9.61. The molecule has 3 aliphatic rings. The summed E-state index contributed by atoms with van der Waals surface area (Å²) < 4.78 is 25.5. The standard InChI is InChI=1S/C26H37ClN6O4S/c1-3-38(36,37)31-14-12-30(13-15-31)24(34)7-5-4-6-10-29-11-16-32-22(18-29)19-33(26(32)35)23-9-8-21(17-28)25(27)20(23)2/h8-9,22H,3-7,10-16,18-19H2,1-2H3. The van der Waals surface area contributed by atoms with Crippen LogP contribution in [0.5, 0.6) is 0 Å². The van der Waals surface area contributed by atoms with Gasteiger partial charge in [-0.2, -0.15) is 9.57 Å². The normalized spacial score (nSPS) is 21.1. The van der Waals surface area contributed by atoms with E-state index in [0.29, 0.717) is 56.3 Å². The molecule has 10 nitrogen and oxygen atoms in total. The minimum atomic E-state index is -3.19. The minimum absolute atomic E-state index is 0.00911. The van der Waals surface area contributed by atoms with E-state index in [9.17, 15) is 23.3 Å². The quantitative estimate of drug-likeness (QED) is 0.426. The molecule has 3 saturated heterocycles. The van der Waals surface area contributed by atoms with Crippen LogP contribution in [-0.4, -0.2) is 110 Å². The molecule has 3 aliphatic heterocycles. The first-order valence-corrected chi connectivity index (χ1v) is 15.4. The molecule has 3 heterocycles. The zero-order chi connectivity index (χ0) is 27.4. The zero-order valence-corrected chi connectivity index (χ0v) is 23.8. The van der Waals surface area contributed by atoms with Gasteiger partial charge >= 0.3 is 6.03 Å². The van der Waals surface area contributed by atoms with E-state index in [1.54, 1.807) is 22.8 Å². The van der Waals surface area contributed by atoms with Crippen LogP contribution >= 0.6 is 11.6 Å². The van der Waals surface area contributed by atoms with E-state index in [1.165, 1.54) is 4.31 Å². The van der Waals surface area contributed by atoms with E-state index in [1.807, 2.05) is 17.9 Å². The summed E-state index contributed by atoms with van der Waals surface area (Å²) in [5.41, 5.74) is 1.92. The summed E-state index contributed by atoms with van der Waals surface area (Å²) in [6.45, 7) is 9.03. The first kappa shape index (κ1) is 28.6. The maximum Gasteiger partial charge on any atom is 0.324 e. The van der Waals surface area contributed by atoms with Gasteiger partial charge in [-0.1, -0.05) is 18.0 Å². The molecule has 1 atom stereocenters. The Morgan fingerprint density at radius 3 is 2.50 bits per heavy atom. The van der Waals surface area contributed by atoms with E-state index in [4.69, 9.17) is 11.6 Å². The monoisotopic (exact) mass is 564 g/mol. The van der Waals surface area contributed by atoms with Crippen LogP contribution in [0.15, 0.2) is 12.1 Å². The van der Waals surface area contributed by atoms with Gasteiger partial charge in [-0.3, -0.25) is 14.6 Å². The molecule has 0 spiro atoms. The smallest absolute Gasteiger partial charge is 0.324 e. The van der Waals surface area contributed by atoms with Crippen LogP contribution in [0.3, 0.4) is 0 Å². The molecule has 0 aliphatic carbocycles. The number of rotatable bonds is 9. The summed E-state index contributed by atoms with van der Waals surface area (Å²) >= 11 is 6.34. The van der Waals surface area contributed by atoms with Crippen LogP contribution in [0.25, 0.3) is 0 Å². The van der Waals surface area contributed by atoms with E-state index in [-0.39, 0.29) is 23.7 Å². The number of anilines is 1. The van der Waals surface area contributed by atoms with E-state index < -0.39 is 10.0 Å². The fourth-order valence-electron chi connectivity index (χ4n) is 5.57. The van der Waals surface area contributed by atoms with Crippen LogP contribution in [0.1, 0.15) is 43.7 Å². The van der Waals surface area contributed by atoms with Crippen molar-refractivity contribution in [1.82, 2.24) is 19.0 Å². The number of hydrogen-bond acceptors (Lipinski definition) is 6. The van der Waals surface area contributed by atoms with Gasteiger partial charge in [0.05, 0.1) is 22.4 Å². The Hall–Kier alpha value is -2.39. The number of urea groups is 1. The van der Waals surface area contributed by atoms with Gasteiger partial charge < -0.3 is 9.80 Å². The topological polar surface area (TPSA) is 108 Å². The molecule has 0 aromatic heterocycles. The van der Waals surface area contributed by atoms with Gasteiger partial charge in [0.25, 0.3) is 0 Å². The van der Waals surface area contributed by atoms with Crippen molar-refractivity contribution in [2.75, 3.05) is 69.6 Å². The van der Waals surface area contributed by atoms with Crippen molar-refractivity contribution in [3.63, 3.8) is 0 Å². The second-order valence-electron chi connectivity index (χ2n) is 10.2. The third-order valence-electron chi connectivity index (χ3n) is 7.92. The lowest BCUT2D eigenvalue weighted by atomic mass is 10.1. The van der Waals surface area contributed by atoms with Gasteiger partial charge in [-0.15, -0.1) is 0 Å². The Balaban J connectivity index is 1.18. The Bertz CT molecular complexity index is 1190. The van der Waals surface area contributed by atoms with Crippen LogP contribution in [0, 0.1) is 18.3 Å². The molecule has 1 unspecified atom stereocenters. The van der Waals surface area contributed by atoms with Gasteiger partial charge in [0.2, 0.25) is 15.9 Å². The lowest BCUT2D eigenvalue weighted by Crippen LogP contribution is -2.52. The van der Waals surface area contributed by atoms with Crippen molar-refractivity contribution in [2.24, 2.45) is 0 Å². The van der Waals surface area contributed by atoms with Crippen molar-refractivity contribution < 1.29 is 18.0 Å². The third-order valence-corrected chi connectivity index (χ3v) is 10.3. The van der Waals surface area contributed by atoms with Gasteiger partial charge in [0.1, 0.15) is 6.07 Å². The number of carbonyl (C=O) groups excluding carboxylic acids is 2. The maximum absolute atomic E-state index is 13.1. The first-order chi connectivity index (χ1) is 18.2. The zero-order valence-electron chi connectivity index (χ0n) is 22.2. The van der Waals surface area contributed by atoms with E-state index in [0.717, 1.165) is 50.1 Å². The van der Waals surface area contributed by atoms with Crippen molar-refractivity contribution in [3.05, 3.63) is 28.3 Å². The Morgan fingerprint density at radius 1 is 1.08 bits per heavy atom.